The van der Waals surface area contributed by atoms with Gasteiger partial charge in [0.15, 0.2) is 0 Å². The van der Waals surface area contributed by atoms with Crippen molar-refractivity contribution < 1.29 is 4.42 Å². The molecule has 6 aromatic rings. The maximum atomic E-state index is 6.81. The quantitative estimate of drug-likeness (QED) is 0.201. The fourth-order valence-electron chi connectivity index (χ4n) is 7.30. The summed E-state index contributed by atoms with van der Waals surface area (Å²) >= 11 is 6.81. The van der Waals surface area contributed by atoms with E-state index in [0.29, 0.717) is 6.32 Å². The Morgan fingerprint density at radius 3 is 2.25 bits per heavy atom. The van der Waals surface area contributed by atoms with Crippen molar-refractivity contribution in [1.82, 2.24) is 0 Å². The van der Waals surface area contributed by atoms with E-state index in [1.165, 1.54) is 55.6 Å². The van der Waals surface area contributed by atoms with Crippen LogP contribution in [0.25, 0.3) is 44.2 Å². The van der Waals surface area contributed by atoms with E-state index in [4.69, 9.17) is 23.9 Å². The highest BCUT2D eigenvalue weighted by Crippen LogP contribution is 2.64. The average Bonchev–Trinajstić information content (AvgIpc) is 3.55. The summed E-state index contributed by atoms with van der Waals surface area (Å²) in [7, 11) is 6.04. The highest BCUT2D eigenvalue weighted by atomic mass is 35.5. The van der Waals surface area contributed by atoms with Crippen molar-refractivity contribution in [3.05, 3.63) is 129 Å². The van der Waals surface area contributed by atoms with Gasteiger partial charge in [-0.2, -0.15) is 0 Å². The standard InChI is InChI=1S/C37H28BClO/c1-36(2,3)22-9-12-25-24-11-8-21(16-17-38)18-30(24)37(31(25)19-22)29-15-14-27-26-6-4-5-7-33(26)40-35(27)34(29)28-13-10-23(39)20-32(28)37/h4-15,18-20H,16-17H2,1-3H3. The summed E-state index contributed by atoms with van der Waals surface area (Å²) in [5, 5.41) is 3.03. The van der Waals surface area contributed by atoms with Crippen LogP contribution in [0.3, 0.4) is 0 Å². The Labute approximate surface area is 241 Å². The number of rotatable bonds is 2. The number of halogens is 1. The first-order valence-electron chi connectivity index (χ1n) is 14.1. The molecule has 192 valence electrons. The topological polar surface area (TPSA) is 13.1 Å². The molecule has 5 aromatic carbocycles. The Balaban J connectivity index is 1.58. The predicted molar refractivity (Wildman–Crippen MR) is 168 cm³/mol. The Morgan fingerprint density at radius 2 is 1.45 bits per heavy atom. The monoisotopic (exact) mass is 534 g/mol. The van der Waals surface area contributed by atoms with E-state index in [-0.39, 0.29) is 5.41 Å². The van der Waals surface area contributed by atoms with Crippen molar-refractivity contribution in [2.75, 3.05) is 0 Å². The van der Waals surface area contributed by atoms with Crippen molar-refractivity contribution in [2.45, 2.75) is 44.3 Å². The number of fused-ring (bicyclic) bond motifs is 14. The number of aryl methyl sites for hydroxylation is 1. The third-order valence-corrected chi connectivity index (χ3v) is 9.34. The summed E-state index contributed by atoms with van der Waals surface area (Å²) in [6.45, 7) is 6.86. The smallest absolute Gasteiger partial charge is 0.143 e. The van der Waals surface area contributed by atoms with E-state index in [2.05, 4.69) is 99.6 Å². The first-order chi connectivity index (χ1) is 19.3. The lowest BCUT2D eigenvalue weighted by Crippen LogP contribution is -2.27. The number of hydrogen-bond acceptors (Lipinski definition) is 1. The van der Waals surface area contributed by atoms with Gasteiger partial charge in [0.05, 0.1) is 13.3 Å². The van der Waals surface area contributed by atoms with Gasteiger partial charge < -0.3 is 4.42 Å². The summed E-state index contributed by atoms with van der Waals surface area (Å²) in [4.78, 5) is 0. The minimum Gasteiger partial charge on any atom is -0.455 e. The van der Waals surface area contributed by atoms with Crippen LogP contribution >= 0.6 is 11.6 Å². The van der Waals surface area contributed by atoms with E-state index < -0.39 is 5.41 Å². The molecule has 0 saturated heterocycles. The van der Waals surface area contributed by atoms with E-state index in [0.717, 1.165) is 33.4 Å². The molecule has 0 saturated carbocycles. The Morgan fingerprint density at radius 1 is 0.725 bits per heavy atom. The van der Waals surface area contributed by atoms with E-state index in [9.17, 15) is 0 Å². The van der Waals surface area contributed by atoms with E-state index in [1.807, 2.05) is 12.1 Å². The van der Waals surface area contributed by atoms with Gasteiger partial charge in [-0.3, -0.25) is 0 Å². The lowest BCUT2D eigenvalue weighted by Gasteiger charge is -2.32. The van der Waals surface area contributed by atoms with Crippen LogP contribution in [0, 0.1) is 0 Å². The van der Waals surface area contributed by atoms with Crippen molar-refractivity contribution in [3.8, 4) is 22.3 Å². The number of furan rings is 1. The molecule has 3 heteroatoms. The molecular formula is C37H28BClO. The molecule has 40 heavy (non-hydrogen) atoms. The van der Waals surface area contributed by atoms with Gasteiger partial charge >= 0.3 is 0 Å². The highest BCUT2D eigenvalue weighted by molar-refractivity contribution is 6.31. The second kappa shape index (κ2) is 8.15. The molecule has 1 atom stereocenters. The number of hydrogen-bond donors (Lipinski definition) is 0. The van der Waals surface area contributed by atoms with Crippen LogP contribution in [0.5, 0.6) is 0 Å². The summed E-state index contributed by atoms with van der Waals surface area (Å²) in [5.74, 6) is 0. The summed E-state index contributed by atoms with van der Waals surface area (Å²) in [6.07, 6.45) is 1.45. The normalized spacial score (nSPS) is 16.9. The van der Waals surface area contributed by atoms with Crippen molar-refractivity contribution in [2.24, 2.45) is 0 Å². The molecule has 0 bridgehead atoms. The van der Waals surface area contributed by atoms with Gasteiger partial charge in [-0.1, -0.05) is 111 Å². The SMILES string of the molecule is [B]CCc1ccc2c(c1)C1(c3cc(C(C)(C)C)ccc3-2)c2cc(Cl)ccc2-c2c1ccc1c2oc2ccccc21. The maximum absolute atomic E-state index is 6.81. The number of benzene rings is 5. The molecule has 2 aliphatic carbocycles. The van der Waals surface area contributed by atoms with Crippen LogP contribution < -0.4 is 0 Å². The molecule has 0 aliphatic heterocycles. The fourth-order valence-corrected chi connectivity index (χ4v) is 7.47. The van der Waals surface area contributed by atoms with E-state index in [1.54, 1.807) is 0 Å². The second-order valence-corrected chi connectivity index (χ2v) is 12.8. The summed E-state index contributed by atoms with van der Waals surface area (Å²) < 4.78 is 6.65. The molecule has 0 fully saturated rings. The van der Waals surface area contributed by atoms with Crippen LogP contribution in [0.2, 0.25) is 11.3 Å². The Kier molecular flexibility index (Phi) is 4.91. The molecule has 1 aromatic heterocycles. The van der Waals surface area contributed by atoms with Gasteiger partial charge in [0, 0.05) is 21.4 Å². The zero-order chi connectivity index (χ0) is 27.4. The second-order valence-electron chi connectivity index (χ2n) is 12.3. The third kappa shape index (κ3) is 3.01. The first-order valence-corrected chi connectivity index (χ1v) is 14.4. The molecule has 2 radical (unpaired) electrons. The van der Waals surface area contributed by atoms with Gasteiger partial charge in [-0.15, -0.1) is 0 Å². The molecule has 8 rings (SSSR count). The van der Waals surface area contributed by atoms with Crippen LogP contribution in [-0.2, 0) is 17.3 Å². The lowest BCUT2D eigenvalue weighted by atomic mass is 9.69. The minimum atomic E-state index is -0.501. The van der Waals surface area contributed by atoms with Crippen LogP contribution in [-0.4, -0.2) is 7.85 Å². The molecule has 1 heterocycles. The maximum Gasteiger partial charge on any atom is 0.143 e. The molecule has 2 aliphatic rings. The molecule has 1 unspecified atom stereocenters. The Hall–Kier alpha value is -3.75. The highest BCUT2D eigenvalue weighted by Gasteiger charge is 2.53. The zero-order valence-corrected chi connectivity index (χ0v) is 23.7. The first kappa shape index (κ1) is 24.1. The van der Waals surface area contributed by atoms with Gasteiger partial charge in [-0.05, 0) is 80.1 Å². The Bertz CT molecular complexity index is 2030. The van der Waals surface area contributed by atoms with Crippen LogP contribution in [0.4, 0.5) is 0 Å². The van der Waals surface area contributed by atoms with Crippen molar-refractivity contribution >= 4 is 41.4 Å². The minimum absolute atomic E-state index is 0.0109. The van der Waals surface area contributed by atoms with E-state index >= 15 is 0 Å². The molecule has 0 N–H and O–H groups in total. The molecular weight excluding hydrogens is 507 g/mol. The van der Waals surface area contributed by atoms with Crippen LogP contribution in [0.15, 0.2) is 95.4 Å². The summed E-state index contributed by atoms with van der Waals surface area (Å²) in [5.41, 5.74) is 14.0. The zero-order valence-electron chi connectivity index (χ0n) is 22.9. The van der Waals surface area contributed by atoms with Crippen molar-refractivity contribution in [1.29, 1.82) is 0 Å². The molecule has 0 amide bonds. The van der Waals surface area contributed by atoms with Gasteiger partial charge in [0.2, 0.25) is 0 Å². The van der Waals surface area contributed by atoms with Crippen LogP contribution in [0.1, 0.15) is 54.2 Å². The predicted octanol–water partition coefficient (Wildman–Crippen LogP) is 10.0. The lowest BCUT2D eigenvalue weighted by molar-refractivity contribution is 0.588. The molecule has 1 spiro atoms. The van der Waals surface area contributed by atoms with Crippen molar-refractivity contribution in [3.63, 3.8) is 0 Å². The molecule has 1 nitrogen and oxygen atoms in total. The average molecular weight is 535 g/mol. The summed E-state index contributed by atoms with van der Waals surface area (Å²) in [6, 6.07) is 33.3. The number of para-hydroxylation sites is 1. The van der Waals surface area contributed by atoms with Gasteiger partial charge in [0.25, 0.3) is 0 Å². The van der Waals surface area contributed by atoms with Gasteiger partial charge in [-0.25, -0.2) is 0 Å². The fraction of sp³-hybridized carbons (Fsp3) is 0.189. The third-order valence-electron chi connectivity index (χ3n) is 9.11. The van der Waals surface area contributed by atoms with Gasteiger partial charge in [0.1, 0.15) is 11.2 Å². The largest absolute Gasteiger partial charge is 0.455 e.